The van der Waals surface area contributed by atoms with Crippen LogP contribution in [-0.2, 0) is 20.9 Å². The molecule has 4 heteroatoms. The molecular formula is C23H31BrO3. The van der Waals surface area contributed by atoms with Gasteiger partial charge in [-0.3, -0.25) is 0 Å². The van der Waals surface area contributed by atoms with Crippen molar-refractivity contribution in [2.24, 2.45) is 11.8 Å². The van der Waals surface area contributed by atoms with Crippen LogP contribution < -0.4 is 0 Å². The molecule has 3 nitrogen and oxygen atoms in total. The van der Waals surface area contributed by atoms with Gasteiger partial charge in [0.15, 0.2) is 0 Å². The van der Waals surface area contributed by atoms with E-state index in [0.29, 0.717) is 13.2 Å². The van der Waals surface area contributed by atoms with E-state index in [9.17, 15) is 4.79 Å². The summed E-state index contributed by atoms with van der Waals surface area (Å²) < 4.78 is 12.3. The average molecular weight is 435 g/mol. The second kappa shape index (κ2) is 12.7. The first-order chi connectivity index (χ1) is 12.8. The smallest absolute Gasteiger partial charge is 0.330 e. The summed E-state index contributed by atoms with van der Waals surface area (Å²) in [5.41, 5.74) is 2.10. The minimum absolute atomic E-state index is 0.0255. The number of benzene rings is 1. The molecule has 0 aromatic heterocycles. The summed E-state index contributed by atoms with van der Waals surface area (Å²) in [4.78, 5) is 11.7. The zero-order valence-electron chi connectivity index (χ0n) is 16.6. The molecular weight excluding hydrogens is 404 g/mol. The summed E-state index contributed by atoms with van der Waals surface area (Å²) in [5, 5.41) is 0. The highest BCUT2D eigenvalue weighted by Crippen LogP contribution is 2.27. The van der Waals surface area contributed by atoms with Crippen molar-refractivity contribution in [1.82, 2.24) is 0 Å². The molecule has 27 heavy (non-hydrogen) atoms. The van der Waals surface area contributed by atoms with E-state index >= 15 is 0 Å². The topological polar surface area (TPSA) is 35.5 Å². The molecule has 0 aliphatic carbocycles. The Morgan fingerprint density at radius 2 is 1.93 bits per heavy atom. The van der Waals surface area contributed by atoms with Gasteiger partial charge in [-0.1, -0.05) is 79.3 Å². The van der Waals surface area contributed by atoms with Gasteiger partial charge in [0.05, 0.1) is 6.61 Å². The van der Waals surface area contributed by atoms with Crippen LogP contribution in [0.3, 0.4) is 0 Å². The maximum Gasteiger partial charge on any atom is 0.330 e. The van der Waals surface area contributed by atoms with Crippen molar-refractivity contribution in [3.8, 4) is 0 Å². The molecule has 1 aromatic carbocycles. The Balaban J connectivity index is 2.51. The van der Waals surface area contributed by atoms with E-state index in [4.69, 9.17) is 9.47 Å². The predicted molar refractivity (Wildman–Crippen MR) is 116 cm³/mol. The molecule has 0 saturated heterocycles. The van der Waals surface area contributed by atoms with Gasteiger partial charge >= 0.3 is 5.97 Å². The van der Waals surface area contributed by atoms with Crippen LogP contribution in [0.5, 0.6) is 0 Å². The van der Waals surface area contributed by atoms with E-state index in [-0.39, 0.29) is 17.9 Å². The minimum Gasteiger partial charge on any atom is -0.454 e. The molecule has 0 spiro atoms. The third-order valence-electron chi connectivity index (χ3n) is 4.42. The van der Waals surface area contributed by atoms with Crippen LogP contribution in [0.15, 0.2) is 65.7 Å². The number of halogens is 1. The second-order valence-electron chi connectivity index (χ2n) is 6.83. The summed E-state index contributed by atoms with van der Waals surface area (Å²) in [6.45, 7) is 15.1. The van der Waals surface area contributed by atoms with Crippen molar-refractivity contribution in [1.29, 1.82) is 0 Å². The standard InChI is InChI=1S/C23H31BrO3/c1-6-22(25)27-23(18(3)15-19(4)24)20(5)17(2)11-10-14-26-16-21-12-8-7-9-13-21/h6-9,12-13,15,17-18,23H,1,5,10-11,14,16H2,2-4H3/b19-15+/t17-,18?,23?/m0/s1. The van der Waals surface area contributed by atoms with Gasteiger partial charge in [-0.15, -0.1) is 0 Å². The number of ether oxygens (including phenoxy) is 2. The fourth-order valence-corrected chi connectivity index (χ4v) is 3.28. The number of hydrogen-bond acceptors (Lipinski definition) is 3. The van der Waals surface area contributed by atoms with Crippen molar-refractivity contribution >= 4 is 21.9 Å². The lowest BCUT2D eigenvalue weighted by molar-refractivity contribution is -0.142. The number of hydrogen-bond donors (Lipinski definition) is 0. The van der Waals surface area contributed by atoms with E-state index < -0.39 is 5.97 Å². The first kappa shape index (κ1) is 23.4. The van der Waals surface area contributed by atoms with Crippen LogP contribution in [0.2, 0.25) is 0 Å². The first-order valence-electron chi connectivity index (χ1n) is 9.32. The predicted octanol–water partition coefficient (Wildman–Crippen LogP) is 6.21. The normalized spacial score (nSPS) is 14.9. The Hall–Kier alpha value is -1.65. The van der Waals surface area contributed by atoms with Gasteiger partial charge in [0, 0.05) is 18.6 Å². The molecule has 0 saturated carbocycles. The van der Waals surface area contributed by atoms with Gasteiger partial charge < -0.3 is 9.47 Å². The van der Waals surface area contributed by atoms with E-state index in [1.165, 1.54) is 11.6 Å². The minimum atomic E-state index is -0.424. The highest BCUT2D eigenvalue weighted by atomic mass is 79.9. The van der Waals surface area contributed by atoms with Gasteiger partial charge in [0.2, 0.25) is 0 Å². The molecule has 0 heterocycles. The summed E-state index contributed by atoms with van der Waals surface area (Å²) in [6, 6.07) is 10.1. The highest BCUT2D eigenvalue weighted by Gasteiger charge is 2.25. The zero-order chi connectivity index (χ0) is 20.2. The molecule has 0 aliphatic heterocycles. The molecule has 0 radical (unpaired) electrons. The van der Waals surface area contributed by atoms with Crippen molar-refractivity contribution in [2.45, 2.75) is 46.3 Å². The van der Waals surface area contributed by atoms with Gasteiger partial charge in [-0.25, -0.2) is 4.79 Å². The number of carbonyl (C=O) groups excluding carboxylic acids is 1. The Morgan fingerprint density at radius 1 is 1.26 bits per heavy atom. The van der Waals surface area contributed by atoms with E-state index in [1.54, 1.807) is 0 Å². The van der Waals surface area contributed by atoms with E-state index in [0.717, 1.165) is 22.9 Å². The lowest BCUT2D eigenvalue weighted by Crippen LogP contribution is -2.28. The quantitative estimate of drug-likeness (QED) is 0.170. The van der Waals surface area contributed by atoms with Gasteiger partial charge in [0.1, 0.15) is 6.10 Å². The van der Waals surface area contributed by atoms with Crippen molar-refractivity contribution < 1.29 is 14.3 Å². The molecule has 0 fully saturated rings. The maximum atomic E-state index is 11.7. The van der Waals surface area contributed by atoms with Gasteiger partial charge in [-0.2, -0.15) is 0 Å². The summed E-state index contributed by atoms with van der Waals surface area (Å²) in [6.07, 6.45) is 4.71. The first-order valence-corrected chi connectivity index (χ1v) is 10.1. The van der Waals surface area contributed by atoms with Crippen LogP contribution in [0.4, 0.5) is 0 Å². The monoisotopic (exact) mass is 434 g/mol. The second-order valence-corrected chi connectivity index (χ2v) is 8.08. The van der Waals surface area contributed by atoms with Crippen LogP contribution in [0.1, 0.15) is 39.2 Å². The number of esters is 1. The highest BCUT2D eigenvalue weighted by molar-refractivity contribution is 9.11. The number of allylic oxidation sites excluding steroid dienone is 1. The molecule has 1 aromatic rings. The Bertz CT molecular complexity index is 632. The summed E-state index contributed by atoms with van der Waals surface area (Å²) in [5.74, 6) is -0.177. The van der Waals surface area contributed by atoms with Crippen LogP contribution in [-0.4, -0.2) is 18.7 Å². The van der Waals surface area contributed by atoms with Crippen LogP contribution >= 0.6 is 15.9 Å². The van der Waals surface area contributed by atoms with Crippen molar-refractivity contribution in [2.75, 3.05) is 6.61 Å². The molecule has 3 atom stereocenters. The fourth-order valence-electron chi connectivity index (χ4n) is 2.87. The molecule has 0 amide bonds. The van der Waals surface area contributed by atoms with E-state index in [1.807, 2.05) is 38.1 Å². The third-order valence-corrected chi connectivity index (χ3v) is 4.68. The SMILES string of the molecule is C=CC(=O)OC(C(=C)[C@@H](C)CCCOCc1ccccc1)C(C)/C=C(\C)Br. The lowest BCUT2D eigenvalue weighted by atomic mass is 9.87. The van der Waals surface area contributed by atoms with Crippen molar-refractivity contribution in [3.05, 3.63) is 71.3 Å². The maximum absolute atomic E-state index is 11.7. The van der Waals surface area contributed by atoms with Crippen LogP contribution in [0.25, 0.3) is 0 Å². The van der Waals surface area contributed by atoms with Crippen molar-refractivity contribution in [3.63, 3.8) is 0 Å². The molecule has 0 N–H and O–H groups in total. The third kappa shape index (κ3) is 9.21. The van der Waals surface area contributed by atoms with Crippen LogP contribution in [0, 0.1) is 11.8 Å². The van der Waals surface area contributed by atoms with Gasteiger partial charge in [0.25, 0.3) is 0 Å². The Kier molecular flexibility index (Phi) is 11.0. The Labute approximate surface area is 172 Å². The average Bonchev–Trinajstić information content (AvgIpc) is 2.65. The fraction of sp³-hybridized carbons (Fsp3) is 0.435. The molecule has 2 unspecified atom stereocenters. The summed E-state index contributed by atoms with van der Waals surface area (Å²) >= 11 is 3.45. The van der Waals surface area contributed by atoms with Gasteiger partial charge in [-0.05, 0) is 41.3 Å². The van der Waals surface area contributed by atoms with E-state index in [2.05, 4.69) is 48.1 Å². The summed E-state index contributed by atoms with van der Waals surface area (Å²) in [7, 11) is 0. The molecule has 0 bridgehead atoms. The lowest BCUT2D eigenvalue weighted by Gasteiger charge is -2.27. The number of carbonyl (C=O) groups is 1. The molecule has 1 rings (SSSR count). The number of rotatable bonds is 12. The Morgan fingerprint density at radius 3 is 2.52 bits per heavy atom. The molecule has 0 aliphatic rings. The molecule has 148 valence electrons. The zero-order valence-corrected chi connectivity index (χ0v) is 18.2. The largest absolute Gasteiger partial charge is 0.454 e.